The molecule has 6 atom stereocenters. The van der Waals surface area contributed by atoms with Gasteiger partial charge in [-0.25, -0.2) is 0 Å². The minimum absolute atomic E-state index is 0.915. The van der Waals surface area contributed by atoms with Crippen LogP contribution < -0.4 is 0 Å². The lowest BCUT2D eigenvalue weighted by atomic mass is 9.55. The van der Waals surface area contributed by atoms with Gasteiger partial charge in [0.15, 0.2) is 0 Å². The van der Waals surface area contributed by atoms with Crippen LogP contribution in [0.3, 0.4) is 0 Å². The second-order valence-corrected chi connectivity index (χ2v) is 6.71. The Kier molecular flexibility index (Phi) is 1.98. The lowest BCUT2D eigenvalue weighted by Gasteiger charge is -2.50. The fourth-order valence-electron chi connectivity index (χ4n) is 4.30. The maximum Gasteiger partial charge on any atom is -0.0349 e. The quantitative estimate of drug-likeness (QED) is 0.635. The van der Waals surface area contributed by atoms with Crippen LogP contribution in [0.1, 0.15) is 46.5 Å². The van der Waals surface area contributed by atoms with E-state index in [4.69, 9.17) is 0 Å². The number of hydrogen-bond acceptors (Lipinski definition) is 0. The molecule has 14 heavy (non-hydrogen) atoms. The zero-order chi connectivity index (χ0) is 9.87. The predicted molar refractivity (Wildman–Crippen MR) is 59.9 cm³/mol. The molecule has 3 aliphatic rings. The van der Waals surface area contributed by atoms with Crippen molar-refractivity contribution in [3.63, 3.8) is 0 Å². The molecule has 0 N–H and O–H groups in total. The maximum atomic E-state index is 2.52. The molecule has 0 aromatic carbocycles. The van der Waals surface area contributed by atoms with E-state index in [1.165, 1.54) is 24.2 Å². The second kappa shape index (κ2) is 3.00. The monoisotopic (exact) mass is 192 g/mol. The summed E-state index contributed by atoms with van der Waals surface area (Å²) in [5.74, 6) is 7.79. The van der Waals surface area contributed by atoms with Crippen molar-refractivity contribution in [1.82, 2.24) is 0 Å². The van der Waals surface area contributed by atoms with Crippen molar-refractivity contribution in [2.75, 3.05) is 0 Å². The minimum Gasteiger partial charge on any atom is -0.0628 e. The fourth-order valence-corrected chi connectivity index (χ4v) is 4.30. The lowest BCUT2D eigenvalue weighted by molar-refractivity contribution is -0.0126. The van der Waals surface area contributed by atoms with E-state index in [1.807, 2.05) is 0 Å². The largest absolute Gasteiger partial charge is 0.0628 e. The van der Waals surface area contributed by atoms with Crippen molar-refractivity contribution in [1.29, 1.82) is 0 Å². The van der Waals surface area contributed by atoms with Gasteiger partial charge in [-0.1, -0.05) is 20.8 Å². The summed E-state index contributed by atoms with van der Waals surface area (Å²) in [5, 5.41) is 0. The molecule has 3 fully saturated rings. The Morgan fingerprint density at radius 1 is 1.00 bits per heavy atom. The molecule has 0 aromatic rings. The molecule has 0 heteroatoms. The van der Waals surface area contributed by atoms with Crippen LogP contribution in [0.5, 0.6) is 0 Å². The molecule has 0 aromatic heterocycles. The van der Waals surface area contributed by atoms with Crippen LogP contribution >= 0.6 is 0 Å². The first-order valence-electron chi connectivity index (χ1n) is 6.66. The molecule has 0 spiro atoms. The summed E-state index contributed by atoms with van der Waals surface area (Å²) in [7, 11) is 0. The Labute approximate surface area is 88.5 Å². The highest BCUT2D eigenvalue weighted by Crippen LogP contribution is 2.66. The van der Waals surface area contributed by atoms with Gasteiger partial charge in [0.05, 0.1) is 0 Å². The zero-order valence-electron chi connectivity index (χ0n) is 9.87. The molecule has 80 valence electrons. The number of fused-ring (bicyclic) bond motifs is 1. The highest BCUT2D eigenvalue weighted by Gasteiger charge is 2.59. The molecule has 0 heterocycles. The van der Waals surface area contributed by atoms with Crippen LogP contribution in [-0.4, -0.2) is 0 Å². The normalized spacial score (nSPS) is 54.9. The number of hydrogen-bond donors (Lipinski definition) is 0. The predicted octanol–water partition coefficient (Wildman–Crippen LogP) is 3.96. The smallest absolute Gasteiger partial charge is 0.0349 e. The van der Waals surface area contributed by atoms with Crippen LogP contribution in [-0.2, 0) is 0 Å². The van der Waals surface area contributed by atoms with Gasteiger partial charge < -0.3 is 0 Å². The summed E-state index contributed by atoms with van der Waals surface area (Å²) < 4.78 is 0. The summed E-state index contributed by atoms with van der Waals surface area (Å²) in [6, 6.07) is 0. The van der Waals surface area contributed by atoms with Crippen LogP contribution in [0.2, 0.25) is 0 Å². The van der Waals surface area contributed by atoms with Gasteiger partial charge >= 0.3 is 0 Å². The summed E-state index contributed by atoms with van der Waals surface area (Å²) >= 11 is 0. The van der Waals surface area contributed by atoms with E-state index in [0.717, 1.165) is 23.7 Å². The van der Waals surface area contributed by atoms with Gasteiger partial charge in [0.25, 0.3) is 0 Å². The molecule has 3 rings (SSSR count). The second-order valence-electron chi connectivity index (χ2n) is 6.71. The third-order valence-electron chi connectivity index (χ3n) is 5.42. The van der Waals surface area contributed by atoms with E-state index in [1.54, 1.807) is 19.3 Å². The standard InChI is InChI=1S/C14H24/c1-8(2)4-10-5-12(9(10)3)14-7-11-6-13(11)14/h8-14H,4-7H2,1-3H3. The van der Waals surface area contributed by atoms with Gasteiger partial charge in [0.2, 0.25) is 0 Å². The number of rotatable bonds is 3. The molecule has 0 aliphatic heterocycles. The van der Waals surface area contributed by atoms with Crippen molar-refractivity contribution < 1.29 is 0 Å². The fraction of sp³-hybridized carbons (Fsp3) is 1.00. The van der Waals surface area contributed by atoms with Crippen LogP contribution in [0, 0.1) is 41.4 Å². The summed E-state index contributed by atoms with van der Waals surface area (Å²) in [6.45, 7) is 7.28. The Hall–Kier alpha value is 0. The van der Waals surface area contributed by atoms with Crippen LogP contribution in [0.25, 0.3) is 0 Å². The van der Waals surface area contributed by atoms with Gasteiger partial charge in [-0.2, -0.15) is 0 Å². The average molecular weight is 192 g/mol. The third kappa shape index (κ3) is 1.26. The van der Waals surface area contributed by atoms with E-state index in [0.29, 0.717) is 0 Å². The Morgan fingerprint density at radius 2 is 1.71 bits per heavy atom. The third-order valence-corrected chi connectivity index (χ3v) is 5.42. The molecular weight excluding hydrogens is 168 g/mol. The summed E-state index contributed by atoms with van der Waals surface area (Å²) in [4.78, 5) is 0. The maximum absolute atomic E-state index is 2.52. The van der Waals surface area contributed by atoms with Crippen molar-refractivity contribution in [2.45, 2.75) is 46.5 Å². The van der Waals surface area contributed by atoms with E-state index >= 15 is 0 Å². The Balaban J connectivity index is 1.50. The topological polar surface area (TPSA) is 0 Å². The Morgan fingerprint density at radius 3 is 2.14 bits per heavy atom. The van der Waals surface area contributed by atoms with E-state index in [-0.39, 0.29) is 0 Å². The van der Waals surface area contributed by atoms with Crippen LogP contribution in [0.15, 0.2) is 0 Å². The molecule has 0 radical (unpaired) electrons. The molecule has 0 nitrogen and oxygen atoms in total. The van der Waals surface area contributed by atoms with Crippen LogP contribution in [0.4, 0.5) is 0 Å². The molecule has 3 saturated carbocycles. The molecular formula is C14H24. The van der Waals surface area contributed by atoms with Crippen molar-refractivity contribution in [2.24, 2.45) is 41.4 Å². The summed E-state index contributed by atoms with van der Waals surface area (Å²) in [5.41, 5.74) is 0. The van der Waals surface area contributed by atoms with Gasteiger partial charge in [-0.3, -0.25) is 0 Å². The van der Waals surface area contributed by atoms with E-state index in [2.05, 4.69) is 20.8 Å². The molecule has 0 amide bonds. The van der Waals surface area contributed by atoms with Crippen molar-refractivity contribution >= 4 is 0 Å². The van der Waals surface area contributed by atoms with E-state index < -0.39 is 0 Å². The Bertz CT molecular complexity index is 230. The molecule has 6 unspecified atom stereocenters. The van der Waals surface area contributed by atoms with Gasteiger partial charge in [-0.05, 0) is 67.1 Å². The summed E-state index contributed by atoms with van der Waals surface area (Å²) in [6.07, 6.45) is 6.27. The highest BCUT2D eigenvalue weighted by atomic mass is 14.6. The average Bonchev–Trinajstić information content (AvgIpc) is 2.74. The molecule has 3 aliphatic carbocycles. The lowest BCUT2D eigenvalue weighted by Crippen LogP contribution is -2.43. The first-order valence-corrected chi connectivity index (χ1v) is 6.66. The van der Waals surface area contributed by atoms with Crippen molar-refractivity contribution in [3.8, 4) is 0 Å². The molecule has 0 bridgehead atoms. The minimum atomic E-state index is 0.915. The zero-order valence-corrected chi connectivity index (χ0v) is 9.87. The van der Waals surface area contributed by atoms with Gasteiger partial charge in [0.1, 0.15) is 0 Å². The van der Waals surface area contributed by atoms with Crippen molar-refractivity contribution in [3.05, 3.63) is 0 Å². The first-order chi connectivity index (χ1) is 6.66. The first kappa shape index (κ1) is 9.24. The highest BCUT2D eigenvalue weighted by molar-refractivity contribution is 5.08. The van der Waals surface area contributed by atoms with Gasteiger partial charge in [0, 0.05) is 0 Å². The van der Waals surface area contributed by atoms with Gasteiger partial charge in [-0.15, -0.1) is 0 Å². The van der Waals surface area contributed by atoms with E-state index in [9.17, 15) is 0 Å². The SMILES string of the molecule is CC(C)CC1CC(C2CC3CC32)C1C. The molecule has 0 saturated heterocycles.